The topological polar surface area (TPSA) is 26.0 Å². The van der Waals surface area contributed by atoms with Crippen LogP contribution in [0.1, 0.15) is 66.2 Å². The summed E-state index contributed by atoms with van der Waals surface area (Å²) in [7, 11) is 0. The van der Waals surface area contributed by atoms with Crippen LogP contribution in [0.3, 0.4) is 0 Å². The Morgan fingerprint density at radius 1 is 1.12 bits per heavy atom. The van der Waals surface area contributed by atoms with Gasteiger partial charge in [-0.05, 0) is 55.3 Å². The molecule has 2 fully saturated rings. The van der Waals surface area contributed by atoms with Crippen LogP contribution in [-0.2, 0) is 0 Å². The maximum atomic E-state index is 6.53. The predicted octanol–water partition coefficient (Wildman–Crippen LogP) is 3.97. The molecular weight excluding hydrogens is 194 g/mol. The standard InChI is InChI=1S/C15H29N/c1-5-11-10-15(11,16)13-8-6-12(7-9-13)14(2,3)4/h11-13H,5-10,16H2,1-4H3. The van der Waals surface area contributed by atoms with Gasteiger partial charge in [0.15, 0.2) is 0 Å². The highest BCUT2D eigenvalue weighted by Crippen LogP contribution is 2.54. The molecule has 2 aliphatic carbocycles. The molecule has 0 aromatic rings. The zero-order valence-electron chi connectivity index (χ0n) is 11.6. The van der Waals surface area contributed by atoms with E-state index in [9.17, 15) is 0 Å². The van der Waals surface area contributed by atoms with Crippen LogP contribution in [0.4, 0.5) is 0 Å². The average molecular weight is 223 g/mol. The zero-order chi connectivity index (χ0) is 12.0. The van der Waals surface area contributed by atoms with Crippen molar-refractivity contribution in [3.63, 3.8) is 0 Å². The highest BCUT2D eigenvalue weighted by atomic mass is 14.9. The molecule has 0 aliphatic heterocycles. The molecule has 1 heteroatoms. The van der Waals surface area contributed by atoms with Crippen molar-refractivity contribution in [2.24, 2.45) is 28.9 Å². The Morgan fingerprint density at radius 3 is 2.06 bits per heavy atom. The highest BCUT2D eigenvalue weighted by molar-refractivity contribution is 5.11. The summed E-state index contributed by atoms with van der Waals surface area (Å²) in [6, 6.07) is 0. The first-order chi connectivity index (χ1) is 7.38. The lowest BCUT2D eigenvalue weighted by molar-refractivity contribution is 0.132. The summed E-state index contributed by atoms with van der Waals surface area (Å²) in [6.07, 6.45) is 8.17. The molecule has 0 heterocycles. The summed E-state index contributed by atoms with van der Waals surface area (Å²) in [5.41, 5.74) is 7.28. The molecule has 0 bridgehead atoms. The maximum absolute atomic E-state index is 6.53. The molecule has 2 rings (SSSR count). The number of hydrogen-bond acceptors (Lipinski definition) is 1. The first kappa shape index (κ1) is 12.4. The normalized spacial score (nSPS) is 44.4. The number of hydrogen-bond donors (Lipinski definition) is 1. The Bertz CT molecular complexity index is 245. The van der Waals surface area contributed by atoms with Crippen LogP contribution >= 0.6 is 0 Å². The van der Waals surface area contributed by atoms with E-state index >= 15 is 0 Å². The van der Waals surface area contributed by atoms with Gasteiger partial charge in [0.2, 0.25) is 0 Å². The molecule has 94 valence electrons. The third kappa shape index (κ3) is 2.16. The van der Waals surface area contributed by atoms with Gasteiger partial charge in [-0.1, -0.05) is 34.1 Å². The van der Waals surface area contributed by atoms with E-state index < -0.39 is 0 Å². The van der Waals surface area contributed by atoms with Crippen LogP contribution in [-0.4, -0.2) is 5.54 Å². The van der Waals surface area contributed by atoms with E-state index in [0.29, 0.717) is 5.41 Å². The third-order valence-electron chi connectivity index (χ3n) is 5.40. The molecule has 0 aromatic carbocycles. The molecule has 0 spiro atoms. The van der Waals surface area contributed by atoms with E-state index in [1.807, 2.05) is 0 Å². The Morgan fingerprint density at radius 2 is 1.69 bits per heavy atom. The molecule has 16 heavy (non-hydrogen) atoms. The molecule has 0 aromatic heterocycles. The molecule has 0 amide bonds. The summed E-state index contributed by atoms with van der Waals surface area (Å²) in [5.74, 6) is 2.59. The number of nitrogens with two attached hydrogens (primary N) is 1. The quantitative estimate of drug-likeness (QED) is 0.753. The molecule has 2 aliphatic rings. The lowest BCUT2D eigenvalue weighted by Gasteiger charge is -2.39. The molecule has 2 unspecified atom stereocenters. The van der Waals surface area contributed by atoms with Crippen molar-refractivity contribution in [2.75, 3.05) is 0 Å². The fraction of sp³-hybridized carbons (Fsp3) is 1.00. The molecule has 2 saturated carbocycles. The first-order valence-electron chi connectivity index (χ1n) is 7.16. The summed E-state index contributed by atoms with van der Waals surface area (Å²) in [6.45, 7) is 9.46. The van der Waals surface area contributed by atoms with Crippen LogP contribution in [0.2, 0.25) is 0 Å². The largest absolute Gasteiger partial charge is 0.325 e. The number of rotatable bonds is 2. The molecular formula is C15H29N. The van der Waals surface area contributed by atoms with Gasteiger partial charge in [-0.2, -0.15) is 0 Å². The van der Waals surface area contributed by atoms with E-state index in [4.69, 9.17) is 5.73 Å². The van der Waals surface area contributed by atoms with E-state index in [1.54, 1.807) is 0 Å². The van der Waals surface area contributed by atoms with Crippen LogP contribution in [0.15, 0.2) is 0 Å². The lowest BCUT2D eigenvalue weighted by atomic mass is 9.68. The maximum Gasteiger partial charge on any atom is 0.0215 e. The van der Waals surface area contributed by atoms with E-state index in [2.05, 4.69) is 27.7 Å². The fourth-order valence-corrected chi connectivity index (χ4v) is 3.89. The van der Waals surface area contributed by atoms with Gasteiger partial charge in [0.05, 0.1) is 0 Å². The summed E-state index contributed by atoms with van der Waals surface area (Å²) < 4.78 is 0. The second kappa shape index (κ2) is 4.01. The van der Waals surface area contributed by atoms with Crippen molar-refractivity contribution in [1.29, 1.82) is 0 Å². The highest BCUT2D eigenvalue weighted by Gasteiger charge is 2.55. The summed E-state index contributed by atoms with van der Waals surface area (Å²) in [4.78, 5) is 0. The Kier molecular flexibility index (Phi) is 3.11. The minimum Gasteiger partial charge on any atom is -0.325 e. The second-order valence-electron chi connectivity index (χ2n) is 7.34. The smallest absolute Gasteiger partial charge is 0.0215 e. The van der Waals surface area contributed by atoms with Crippen molar-refractivity contribution in [1.82, 2.24) is 0 Å². The molecule has 1 nitrogen and oxygen atoms in total. The van der Waals surface area contributed by atoms with Crippen LogP contribution in [0.5, 0.6) is 0 Å². The van der Waals surface area contributed by atoms with Crippen LogP contribution in [0, 0.1) is 23.2 Å². The van der Waals surface area contributed by atoms with Gasteiger partial charge in [-0.3, -0.25) is 0 Å². The van der Waals surface area contributed by atoms with Gasteiger partial charge >= 0.3 is 0 Å². The summed E-state index contributed by atoms with van der Waals surface area (Å²) in [5, 5.41) is 0. The summed E-state index contributed by atoms with van der Waals surface area (Å²) >= 11 is 0. The minimum atomic E-state index is 0.248. The van der Waals surface area contributed by atoms with Gasteiger partial charge in [0, 0.05) is 5.54 Å². The van der Waals surface area contributed by atoms with E-state index in [1.165, 1.54) is 38.5 Å². The molecule has 0 saturated heterocycles. The molecule has 0 radical (unpaired) electrons. The van der Waals surface area contributed by atoms with Crippen molar-refractivity contribution in [3.05, 3.63) is 0 Å². The fourth-order valence-electron chi connectivity index (χ4n) is 3.89. The monoisotopic (exact) mass is 223 g/mol. The van der Waals surface area contributed by atoms with Gasteiger partial charge in [0.1, 0.15) is 0 Å². The van der Waals surface area contributed by atoms with Gasteiger partial charge in [0.25, 0.3) is 0 Å². The van der Waals surface area contributed by atoms with Crippen molar-refractivity contribution >= 4 is 0 Å². The zero-order valence-corrected chi connectivity index (χ0v) is 11.6. The second-order valence-corrected chi connectivity index (χ2v) is 7.34. The van der Waals surface area contributed by atoms with Gasteiger partial charge in [-0.15, -0.1) is 0 Å². The Hall–Kier alpha value is -0.0400. The van der Waals surface area contributed by atoms with Crippen LogP contribution in [0.25, 0.3) is 0 Å². The van der Waals surface area contributed by atoms with Crippen molar-refractivity contribution in [3.8, 4) is 0 Å². The van der Waals surface area contributed by atoms with E-state index in [-0.39, 0.29) is 5.54 Å². The first-order valence-corrected chi connectivity index (χ1v) is 7.16. The van der Waals surface area contributed by atoms with Crippen molar-refractivity contribution < 1.29 is 0 Å². The predicted molar refractivity (Wildman–Crippen MR) is 70.2 cm³/mol. The third-order valence-corrected chi connectivity index (χ3v) is 5.40. The van der Waals surface area contributed by atoms with Gasteiger partial charge in [-0.25, -0.2) is 0 Å². The minimum absolute atomic E-state index is 0.248. The molecule has 2 atom stereocenters. The van der Waals surface area contributed by atoms with Gasteiger partial charge < -0.3 is 5.73 Å². The average Bonchev–Trinajstić information content (AvgIpc) is 2.90. The molecule has 2 N–H and O–H groups in total. The SMILES string of the molecule is CCC1CC1(N)C1CCC(C(C)(C)C)CC1. The Labute approximate surface area is 101 Å². The Balaban J connectivity index is 1.87. The van der Waals surface area contributed by atoms with Crippen molar-refractivity contribution in [2.45, 2.75) is 71.8 Å². The van der Waals surface area contributed by atoms with Crippen LogP contribution < -0.4 is 5.73 Å². The lowest BCUT2D eigenvalue weighted by Crippen LogP contribution is -2.39. The van der Waals surface area contributed by atoms with E-state index in [0.717, 1.165) is 17.8 Å².